The zero-order valence-corrected chi connectivity index (χ0v) is 20.4. The molecule has 0 spiro atoms. The van der Waals surface area contributed by atoms with Gasteiger partial charge in [-0.3, -0.25) is 0 Å². The molecule has 150 valence electrons. The maximum absolute atomic E-state index is 6.27. The number of nitrogens with zero attached hydrogens (tertiary/aromatic N) is 1. The highest BCUT2D eigenvalue weighted by molar-refractivity contribution is 14.1. The first-order chi connectivity index (χ1) is 15.7. The number of furan rings is 1. The number of pyridine rings is 1. The van der Waals surface area contributed by atoms with Crippen LogP contribution in [-0.4, -0.2) is 4.40 Å². The Bertz CT molecular complexity index is 2060. The van der Waals surface area contributed by atoms with Crippen molar-refractivity contribution < 1.29 is 4.42 Å². The minimum Gasteiger partial charge on any atom is -0.456 e. The number of rotatable bonds is 0. The highest BCUT2D eigenvalue weighted by Crippen LogP contribution is 2.46. The number of aromatic nitrogens is 1. The Hall–Kier alpha value is -2.83. The molecule has 0 atom stereocenters. The van der Waals surface area contributed by atoms with Crippen molar-refractivity contribution in [3.05, 3.63) is 86.9 Å². The van der Waals surface area contributed by atoms with E-state index in [4.69, 9.17) is 4.42 Å². The third kappa shape index (κ3) is 2.01. The lowest BCUT2D eigenvalue weighted by Gasteiger charge is -2.15. The van der Waals surface area contributed by atoms with Crippen LogP contribution in [0.5, 0.6) is 0 Å². The van der Waals surface area contributed by atoms with Gasteiger partial charge in [0.15, 0.2) is 0 Å². The molecule has 0 aliphatic rings. The Kier molecular flexibility index (Phi) is 3.28. The molecular weight excluding hydrogens is 573 g/mol. The zero-order valence-electron chi connectivity index (χ0n) is 16.6. The molecule has 0 aliphatic carbocycles. The van der Waals surface area contributed by atoms with E-state index in [1.165, 1.54) is 52.4 Å². The average molecular weight is 586 g/mol. The summed E-state index contributed by atoms with van der Waals surface area (Å²) in [6, 6.07) is 28.4. The van der Waals surface area contributed by atoms with E-state index in [0.717, 1.165) is 26.4 Å². The lowest BCUT2D eigenvalue weighted by Crippen LogP contribution is -1.94. The smallest absolute Gasteiger partial charge is 0.136 e. The van der Waals surface area contributed by atoms with Crippen molar-refractivity contribution in [1.82, 2.24) is 4.40 Å². The maximum atomic E-state index is 6.27. The molecule has 0 amide bonds. The third-order valence-corrected chi connectivity index (χ3v) is 8.37. The summed E-state index contributed by atoms with van der Waals surface area (Å²) in [6.45, 7) is 0. The van der Waals surface area contributed by atoms with E-state index in [9.17, 15) is 0 Å². The van der Waals surface area contributed by atoms with Crippen molar-refractivity contribution in [3.8, 4) is 0 Å². The fourth-order valence-corrected chi connectivity index (χ4v) is 7.30. The van der Waals surface area contributed by atoms with Crippen molar-refractivity contribution in [2.24, 2.45) is 0 Å². The summed E-state index contributed by atoms with van der Waals surface area (Å²) < 4.78 is 11.1. The van der Waals surface area contributed by atoms with Crippen LogP contribution in [0.4, 0.5) is 0 Å². The summed E-state index contributed by atoms with van der Waals surface area (Å²) in [5, 5.41) is 9.94. The number of hydrogen-bond acceptors (Lipinski definition) is 1. The Labute approximate surface area is 204 Å². The van der Waals surface area contributed by atoms with Gasteiger partial charge in [0, 0.05) is 45.7 Å². The molecule has 3 heterocycles. The topological polar surface area (TPSA) is 17.6 Å². The van der Waals surface area contributed by atoms with Crippen molar-refractivity contribution in [2.45, 2.75) is 0 Å². The van der Waals surface area contributed by atoms with Gasteiger partial charge in [-0.1, -0.05) is 58.4 Å². The van der Waals surface area contributed by atoms with Crippen LogP contribution in [0.2, 0.25) is 0 Å². The van der Waals surface area contributed by atoms with Gasteiger partial charge in [0.05, 0.1) is 16.6 Å². The monoisotopic (exact) mass is 585 g/mol. The van der Waals surface area contributed by atoms with E-state index in [2.05, 4.69) is 110 Å². The van der Waals surface area contributed by atoms with Crippen LogP contribution in [0.1, 0.15) is 0 Å². The van der Waals surface area contributed by atoms with E-state index >= 15 is 0 Å². The van der Waals surface area contributed by atoms with Crippen LogP contribution in [0, 0.1) is 3.57 Å². The Morgan fingerprint density at radius 2 is 1.44 bits per heavy atom. The largest absolute Gasteiger partial charge is 0.456 e. The molecule has 0 radical (unpaired) electrons. The number of para-hydroxylation sites is 2. The standard InChI is InChI=1S/C28H13BrINO/c29-20-11-19-14-5-1-3-7-22(14)31-23-12-18-15-6-2-4-8-24(15)32-25(18)13-17(23)16-9-10-21(30)27(20)26(16)28(19)31/h1-13H. The van der Waals surface area contributed by atoms with Gasteiger partial charge in [0.25, 0.3) is 0 Å². The lowest BCUT2D eigenvalue weighted by molar-refractivity contribution is 0.669. The second-order valence-electron chi connectivity index (χ2n) is 8.42. The molecule has 32 heavy (non-hydrogen) atoms. The summed E-state index contributed by atoms with van der Waals surface area (Å²) >= 11 is 6.35. The fraction of sp³-hybridized carbons (Fsp3) is 0. The molecule has 3 aromatic heterocycles. The van der Waals surface area contributed by atoms with Crippen LogP contribution in [0.15, 0.2) is 87.8 Å². The molecule has 8 aromatic rings. The molecule has 0 saturated heterocycles. The van der Waals surface area contributed by atoms with Gasteiger partial charge in [-0.15, -0.1) is 0 Å². The molecule has 4 heteroatoms. The molecule has 8 rings (SSSR count). The first kappa shape index (κ1) is 17.7. The van der Waals surface area contributed by atoms with Crippen LogP contribution in [0.3, 0.4) is 0 Å². The van der Waals surface area contributed by atoms with Gasteiger partial charge < -0.3 is 8.82 Å². The minimum atomic E-state index is 0.931. The van der Waals surface area contributed by atoms with E-state index in [1.54, 1.807) is 0 Å². The summed E-state index contributed by atoms with van der Waals surface area (Å²) in [5.41, 5.74) is 5.60. The second kappa shape index (κ2) is 5.94. The highest BCUT2D eigenvalue weighted by atomic mass is 127. The Morgan fingerprint density at radius 3 is 2.34 bits per heavy atom. The summed E-state index contributed by atoms with van der Waals surface area (Å²) in [4.78, 5) is 0. The van der Waals surface area contributed by atoms with Crippen LogP contribution in [-0.2, 0) is 0 Å². The van der Waals surface area contributed by atoms with Crippen molar-refractivity contribution in [3.63, 3.8) is 0 Å². The van der Waals surface area contributed by atoms with Crippen LogP contribution in [0.25, 0.3) is 70.8 Å². The number of halogens is 2. The first-order valence-corrected chi connectivity index (χ1v) is 12.4. The molecule has 0 unspecified atom stereocenters. The quantitative estimate of drug-likeness (QED) is 0.0985. The van der Waals surface area contributed by atoms with Crippen molar-refractivity contribution >= 4 is 109 Å². The first-order valence-electron chi connectivity index (χ1n) is 10.5. The van der Waals surface area contributed by atoms with E-state index < -0.39 is 0 Å². The molecule has 0 aliphatic heterocycles. The Balaban J connectivity index is 1.79. The predicted molar refractivity (Wildman–Crippen MR) is 146 cm³/mol. The molecule has 0 bridgehead atoms. The predicted octanol–water partition coefficient (Wildman–Crippen LogP) is 9.26. The average Bonchev–Trinajstić information content (AvgIpc) is 3.34. The van der Waals surface area contributed by atoms with Gasteiger partial charge >= 0.3 is 0 Å². The number of benzene rings is 5. The van der Waals surface area contributed by atoms with Crippen molar-refractivity contribution in [1.29, 1.82) is 0 Å². The van der Waals surface area contributed by atoms with E-state index in [1.807, 2.05) is 12.1 Å². The molecule has 0 saturated carbocycles. The van der Waals surface area contributed by atoms with Crippen molar-refractivity contribution in [2.75, 3.05) is 0 Å². The van der Waals surface area contributed by atoms with Crippen LogP contribution < -0.4 is 0 Å². The summed E-state index contributed by atoms with van der Waals surface area (Å²) in [5.74, 6) is 0. The summed E-state index contributed by atoms with van der Waals surface area (Å²) in [6.07, 6.45) is 0. The minimum absolute atomic E-state index is 0.931. The number of hydrogen-bond donors (Lipinski definition) is 0. The van der Waals surface area contributed by atoms with E-state index in [-0.39, 0.29) is 0 Å². The molecular formula is C28H13BrINO. The molecule has 0 fully saturated rings. The van der Waals surface area contributed by atoms with E-state index in [0.29, 0.717) is 0 Å². The Morgan fingerprint density at radius 1 is 0.625 bits per heavy atom. The van der Waals surface area contributed by atoms with Gasteiger partial charge in [0.2, 0.25) is 0 Å². The summed E-state index contributed by atoms with van der Waals surface area (Å²) in [7, 11) is 0. The molecule has 5 aromatic carbocycles. The van der Waals surface area contributed by atoms with Gasteiger partial charge in [-0.2, -0.15) is 0 Å². The fourth-order valence-electron chi connectivity index (χ4n) is 5.55. The highest BCUT2D eigenvalue weighted by Gasteiger charge is 2.22. The normalized spacial score (nSPS) is 12.7. The van der Waals surface area contributed by atoms with Gasteiger partial charge in [0.1, 0.15) is 11.2 Å². The molecule has 0 N–H and O–H groups in total. The maximum Gasteiger partial charge on any atom is 0.136 e. The SMILES string of the molecule is Brc1cc2c3ccccc3n3c4cc5c(cc4c4ccc(I)c1c4c23)oc1ccccc15. The molecule has 2 nitrogen and oxygen atoms in total. The number of fused-ring (bicyclic) bond motifs is 9. The second-order valence-corrected chi connectivity index (χ2v) is 10.4. The zero-order chi connectivity index (χ0) is 21.1. The third-order valence-electron chi connectivity index (χ3n) is 6.84. The van der Waals surface area contributed by atoms with Gasteiger partial charge in [-0.25, -0.2) is 0 Å². The van der Waals surface area contributed by atoms with Gasteiger partial charge in [-0.05, 0) is 64.4 Å². The lowest BCUT2D eigenvalue weighted by atomic mass is 9.98. The van der Waals surface area contributed by atoms with Crippen LogP contribution >= 0.6 is 38.5 Å².